The summed E-state index contributed by atoms with van der Waals surface area (Å²) < 4.78 is 3.26. The van der Waals surface area contributed by atoms with Crippen LogP contribution < -0.4 is 18.1 Å². The van der Waals surface area contributed by atoms with E-state index in [4.69, 9.17) is 0 Å². The highest BCUT2D eigenvalue weighted by atomic mass is 32.1. The van der Waals surface area contributed by atoms with E-state index >= 15 is 0 Å². The average molecular weight is 601 g/mol. The lowest BCUT2D eigenvalue weighted by Gasteiger charge is -2.30. The van der Waals surface area contributed by atoms with Crippen LogP contribution in [-0.4, -0.2) is 34.7 Å². The van der Waals surface area contributed by atoms with Crippen molar-refractivity contribution in [3.05, 3.63) is 53.5 Å². The van der Waals surface area contributed by atoms with Crippen molar-refractivity contribution in [1.29, 1.82) is 10.5 Å². The summed E-state index contributed by atoms with van der Waals surface area (Å²) in [4.78, 5) is 32.7. The summed E-state index contributed by atoms with van der Waals surface area (Å²) >= 11 is 2.88. The first-order valence-corrected chi connectivity index (χ1v) is 16.8. The van der Waals surface area contributed by atoms with Gasteiger partial charge in [0.05, 0.1) is 43.7 Å². The van der Waals surface area contributed by atoms with Gasteiger partial charge in [-0.3, -0.25) is 9.59 Å². The van der Waals surface area contributed by atoms with E-state index in [0.29, 0.717) is 47.5 Å². The smallest absolute Gasteiger partial charge is 0.261 e. The van der Waals surface area contributed by atoms with Crippen LogP contribution in [0, 0.1) is 34.5 Å². The molecule has 0 saturated heterocycles. The second-order valence-corrected chi connectivity index (χ2v) is 13.3. The number of unbranched alkanes of at least 4 members (excludes halogenated alkanes) is 2. The molecule has 2 aliphatic rings. The first-order chi connectivity index (χ1) is 20.4. The lowest BCUT2D eigenvalue weighted by atomic mass is 9.98. The Morgan fingerprint density at radius 2 is 1.12 bits per heavy atom. The SMILES string of the molecule is CCCCC(CC)CN1C(=O)C2=C(C(=O)N(CC(CC)CCCC)/C2=c2\cc/c(=C\C#N)s2)/C1=c1/cc/c(=C/C#N)s1. The van der Waals surface area contributed by atoms with Crippen molar-refractivity contribution in [1.82, 2.24) is 9.80 Å². The van der Waals surface area contributed by atoms with Crippen LogP contribution in [-0.2, 0) is 9.59 Å². The van der Waals surface area contributed by atoms with Gasteiger partial charge >= 0.3 is 0 Å². The lowest BCUT2D eigenvalue weighted by Crippen LogP contribution is -2.40. The number of thiophene rings is 2. The van der Waals surface area contributed by atoms with Gasteiger partial charge in [-0.2, -0.15) is 10.5 Å². The van der Waals surface area contributed by atoms with Crippen LogP contribution in [0.4, 0.5) is 0 Å². The van der Waals surface area contributed by atoms with Crippen molar-refractivity contribution in [2.24, 2.45) is 11.8 Å². The molecule has 220 valence electrons. The van der Waals surface area contributed by atoms with Gasteiger partial charge in [-0.15, -0.1) is 22.7 Å². The van der Waals surface area contributed by atoms with Gasteiger partial charge in [0.15, 0.2) is 0 Å². The number of hydrogen-bond acceptors (Lipinski definition) is 6. The van der Waals surface area contributed by atoms with E-state index in [0.717, 1.165) is 69.5 Å². The van der Waals surface area contributed by atoms with E-state index in [-0.39, 0.29) is 11.8 Å². The predicted octanol–water partition coefficient (Wildman–Crippen LogP) is 4.75. The van der Waals surface area contributed by atoms with Gasteiger partial charge in [0.2, 0.25) is 0 Å². The molecule has 0 saturated carbocycles. The van der Waals surface area contributed by atoms with Crippen molar-refractivity contribution in [2.45, 2.75) is 79.1 Å². The van der Waals surface area contributed by atoms with Crippen molar-refractivity contribution in [3.8, 4) is 12.1 Å². The van der Waals surface area contributed by atoms with Crippen LogP contribution in [0.1, 0.15) is 79.1 Å². The Labute approximate surface area is 256 Å². The molecule has 0 radical (unpaired) electrons. The molecule has 8 heteroatoms. The van der Waals surface area contributed by atoms with E-state index in [1.807, 2.05) is 34.1 Å². The second-order valence-electron chi connectivity index (χ2n) is 11.1. The molecule has 0 aliphatic carbocycles. The third kappa shape index (κ3) is 6.46. The topological polar surface area (TPSA) is 88.2 Å². The molecule has 4 rings (SSSR count). The van der Waals surface area contributed by atoms with E-state index in [1.165, 1.54) is 34.8 Å². The zero-order valence-electron chi connectivity index (χ0n) is 25.1. The van der Waals surface area contributed by atoms with Crippen LogP contribution >= 0.6 is 22.7 Å². The summed E-state index contributed by atoms with van der Waals surface area (Å²) in [6.45, 7) is 9.79. The van der Waals surface area contributed by atoms with Crippen LogP contribution in [0.3, 0.4) is 0 Å². The maximum Gasteiger partial charge on any atom is 0.261 e. The largest absolute Gasteiger partial charge is 0.306 e. The Hall–Kier alpha value is -3.46. The first kappa shape index (κ1) is 31.5. The molecule has 0 aromatic carbocycles. The maximum atomic E-state index is 14.5. The summed E-state index contributed by atoms with van der Waals surface area (Å²) in [7, 11) is 0. The lowest BCUT2D eigenvalue weighted by molar-refractivity contribution is -0.124. The van der Waals surface area contributed by atoms with Crippen molar-refractivity contribution in [3.63, 3.8) is 0 Å². The maximum absolute atomic E-state index is 14.5. The fourth-order valence-electron chi connectivity index (χ4n) is 5.85. The van der Waals surface area contributed by atoms with Crippen LogP contribution in [0.15, 0.2) is 35.4 Å². The normalized spacial score (nSPS) is 20.0. The van der Waals surface area contributed by atoms with Crippen LogP contribution in [0.5, 0.6) is 0 Å². The molecule has 2 aromatic heterocycles. The first-order valence-electron chi connectivity index (χ1n) is 15.2. The Bertz CT molecular complexity index is 1560. The average Bonchev–Trinajstić information content (AvgIpc) is 3.76. The van der Waals surface area contributed by atoms with Crippen molar-refractivity contribution < 1.29 is 9.59 Å². The number of nitrogens with zero attached hydrogens (tertiary/aromatic N) is 4. The fourth-order valence-corrected chi connectivity index (χ4v) is 7.74. The number of carbonyl (C=O) groups is 2. The third-order valence-electron chi connectivity index (χ3n) is 8.28. The Kier molecular flexibility index (Phi) is 11.0. The minimum Gasteiger partial charge on any atom is -0.306 e. The molecule has 2 amide bonds. The number of rotatable bonds is 12. The van der Waals surface area contributed by atoms with Gasteiger partial charge < -0.3 is 9.80 Å². The summed E-state index contributed by atoms with van der Waals surface area (Å²) in [6, 6.07) is 11.8. The highest BCUT2D eigenvalue weighted by molar-refractivity contribution is 7.08. The van der Waals surface area contributed by atoms with Gasteiger partial charge in [0, 0.05) is 34.3 Å². The minimum atomic E-state index is -0.124. The zero-order chi connectivity index (χ0) is 30.2. The second kappa shape index (κ2) is 14.6. The fraction of sp³-hybridized carbons (Fsp3) is 0.471. The molecule has 0 spiro atoms. The molecule has 2 atom stereocenters. The number of nitriles is 2. The molecular formula is C34H40N4O2S2. The van der Waals surface area contributed by atoms with Crippen molar-refractivity contribution >= 4 is 58.0 Å². The van der Waals surface area contributed by atoms with Crippen molar-refractivity contribution in [2.75, 3.05) is 13.1 Å². The molecule has 6 nitrogen and oxygen atoms in total. The predicted molar refractivity (Wildman–Crippen MR) is 171 cm³/mol. The number of carbonyl (C=O) groups excluding carboxylic acids is 2. The summed E-state index contributed by atoms with van der Waals surface area (Å²) in [5.41, 5.74) is 2.32. The molecule has 0 N–H and O–H groups in total. The number of hydrogen-bond donors (Lipinski definition) is 0. The molecule has 0 fully saturated rings. The zero-order valence-corrected chi connectivity index (χ0v) is 26.7. The van der Waals surface area contributed by atoms with E-state index in [2.05, 4.69) is 39.8 Å². The minimum absolute atomic E-state index is 0.124. The standard InChI is InChI=1S/C34H40N4O2S2/c1-5-9-11-23(7-3)21-37-31(27-15-13-25(41-27)17-19-35)29-30(33(37)39)32(28-16-14-26(42-28)18-20-36)38(34(29)40)22-24(8-4)12-10-6-2/h13-18,23-24H,5-12,21-22H2,1-4H3/b25-17-,26-18+,31-27+,32-28+. The van der Waals surface area contributed by atoms with E-state index in [9.17, 15) is 20.1 Å². The highest BCUT2D eigenvalue weighted by Gasteiger charge is 2.49. The van der Waals surface area contributed by atoms with Crippen LogP contribution in [0.2, 0.25) is 0 Å². The highest BCUT2D eigenvalue weighted by Crippen LogP contribution is 2.44. The van der Waals surface area contributed by atoms with Gasteiger partial charge in [-0.05, 0) is 48.9 Å². The summed E-state index contributed by atoms with van der Waals surface area (Å²) in [5.74, 6) is 0.392. The third-order valence-corrected chi connectivity index (χ3v) is 10.4. The molecule has 0 bridgehead atoms. The molecule has 42 heavy (non-hydrogen) atoms. The molecule has 2 aromatic rings. The summed E-state index contributed by atoms with van der Waals surface area (Å²) in [6.07, 6.45) is 11.3. The van der Waals surface area contributed by atoms with Gasteiger partial charge in [0.25, 0.3) is 11.8 Å². The molecular weight excluding hydrogens is 561 g/mol. The van der Waals surface area contributed by atoms with E-state index < -0.39 is 0 Å². The summed E-state index contributed by atoms with van der Waals surface area (Å²) in [5, 5.41) is 18.5. The van der Waals surface area contributed by atoms with Gasteiger partial charge in [-0.25, -0.2) is 0 Å². The molecule has 2 unspecified atom stereocenters. The Morgan fingerprint density at radius 3 is 1.45 bits per heavy atom. The Morgan fingerprint density at radius 1 is 0.714 bits per heavy atom. The number of amides is 2. The van der Waals surface area contributed by atoms with E-state index in [1.54, 1.807) is 0 Å². The quantitative estimate of drug-likeness (QED) is 0.352. The molecule has 2 aliphatic heterocycles. The van der Waals surface area contributed by atoms with Gasteiger partial charge in [0.1, 0.15) is 0 Å². The monoisotopic (exact) mass is 600 g/mol. The molecule has 4 heterocycles. The van der Waals surface area contributed by atoms with Gasteiger partial charge in [-0.1, -0.05) is 66.2 Å². The Balaban J connectivity index is 1.96. The van der Waals surface area contributed by atoms with Crippen LogP contribution in [0.25, 0.3) is 23.5 Å².